The van der Waals surface area contributed by atoms with E-state index in [0.29, 0.717) is 12.8 Å². The molecule has 1 aromatic carbocycles. The van der Waals surface area contributed by atoms with Crippen LogP contribution in [0.3, 0.4) is 0 Å². The van der Waals surface area contributed by atoms with Crippen LogP contribution in [0.5, 0.6) is 5.75 Å². The van der Waals surface area contributed by atoms with Crippen LogP contribution in [0.2, 0.25) is 0 Å². The lowest BCUT2D eigenvalue weighted by Gasteiger charge is -2.26. The summed E-state index contributed by atoms with van der Waals surface area (Å²) in [7, 11) is 0. The van der Waals surface area contributed by atoms with E-state index in [0.717, 1.165) is 37.8 Å². The molecular weight excluding hydrogens is 238 g/mol. The first-order valence-corrected chi connectivity index (χ1v) is 6.46. The Kier molecular flexibility index (Phi) is 4.53. The van der Waals surface area contributed by atoms with Crippen LogP contribution in [0.15, 0.2) is 18.2 Å². The van der Waals surface area contributed by atoms with Crippen molar-refractivity contribution in [2.45, 2.75) is 50.7 Å². The maximum atomic E-state index is 13.5. The molecule has 1 aromatic rings. The topological polar surface area (TPSA) is 29.5 Å². The van der Waals surface area contributed by atoms with Gasteiger partial charge in [0.2, 0.25) is 0 Å². The number of benzene rings is 1. The van der Waals surface area contributed by atoms with Crippen molar-refractivity contribution in [1.82, 2.24) is 0 Å². The molecule has 2 atom stereocenters. The highest BCUT2D eigenvalue weighted by Gasteiger charge is 2.23. The molecule has 1 aliphatic carbocycles. The molecule has 2 rings (SSSR count). The zero-order valence-corrected chi connectivity index (χ0v) is 10.2. The van der Waals surface area contributed by atoms with Gasteiger partial charge < -0.3 is 9.84 Å². The predicted molar refractivity (Wildman–Crippen MR) is 64.5 cm³/mol. The first kappa shape index (κ1) is 13.3. The summed E-state index contributed by atoms with van der Waals surface area (Å²) in [5.41, 5.74) is 0. The summed E-state index contributed by atoms with van der Waals surface area (Å²) in [6.45, 7) is 0. The Labute approximate surface area is 106 Å². The van der Waals surface area contributed by atoms with Crippen LogP contribution in [0.1, 0.15) is 38.5 Å². The van der Waals surface area contributed by atoms with Gasteiger partial charge in [-0.25, -0.2) is 8.78 Å². The van der Waals surface area contributed by atoms with E-state index >= 15 is 0 Å². The number of ether oxygens (including phenoxy) is 1. The fraction of sp³-hybridized carbons (Fsp3) is 0.571. The number of hydrogen-bond donors (Lipinski definition) is 1. The van der Waals surface area contributed by atoms with Gasteiger partial charge in [-0.15, -0.1) is 0 Å². The minimum atomic E-state index is -0.718. The largest absolute Gasteiger partial charge is 0.485 e. The fourth-order valence-corrected chi connectivity index (χ4v) is 2.30. The third kappa shape index (κ3) is 3.42. The fourth-order valence-electron chi connectivity index (χ4n) is 2.30. The van der Waals surface area contributed by atoms with E-state index < -0.39 is 23.8 Å². The van der Waals surface area contributed by atoms with Crippen molar-refractivity contribution in [3.05, 3.63) is 29.8 Å². The van der Waals surface area contributed by atoms with E-state index in [4.69, 9.17) is 4.74 Å². The van der Waals surface area contributed by atoms with Crippen molar-refractivity contribution in [3.8, 4) is 5.75 Å². The molecule has 4 heteroatoms. The van der Waals surface area contributed by atoms with Crippen LogP contribution < -0.4 is 4.74 Å². The zero-order valence-electron chi connectivity index (χ0n) is 10.2. The summed E-state index contributed by atoms with van der Waals surface area (Å²) in [5, 5.41) is 9.96. The molecule has 1 N–H and O–H groups in total. The average molecular weight is 256 g/mol. The molecule has 0 bridgehead atoms. The number of aliphatic hydroxyl groups excluding tert-OH is 1. The third-order valence-corrected chi connectivity index (χ3v) is 3.34. The van der Waals surface area contributed by atoms with Crippen molar-refractivity contribution < 1.29 is 18.6 Å². The summed E-state index contributed by atoms with van der Waals surface area (Å²) in [6, 6.07) is 3.23. The van der Waals surface area contributed by atoms with E-state index in [1.165, 1.54) is 6.07 Å². The number of rotatable bonds is 2. The Morgan fingerprint density at radius 3 is 2.50 bits per heavy atom. The third-order valence-electron chi connectivity index (χ3n) is 3.34. The standard InChI is InChI=1S/C14H18F2O2/c15-10-7-8-13(11(16)9-10)18-14-6-4-2-1-3-5-12(14)17/h7-9,12,14,17H,1-6H2. The van der Waals surface area contributed by atoms with Gasteiger partial charge in [-0.3, -0.25) is 0 Å². The highest BCUT2D eigenvalue weighted by atomic mass is 19.1. The Morgan fingerprint density at radius 2 is 1.78 bits per heavy atom. The van der Waals surface area contributed by atoms with E-state index in [1.807, 2.05) is 0 Å². The number of aliphatic hydroxyl groups is 1. The summed E-state index contributed by atoms with van der Waals surface area (Å²) >= 11 is 0. The molecule has 1 saturated carbocycles. The molecule has 0 aromatic heterocycles. The van der Waals surface area contributed by atoms with Gasteiger partial charge in [-0.2, -0.15) is 0 Å². The van der Waals surface area contributed by atoms with Crippen LogP contribution in [0.25, 0.3) is 0 Å². The smallest absolute Gasteiger partial charge is 0.167 e. The number of hydrogen-bond acceptors (Lipinski definition) is 2. The molecule has 0 amide bonds. The molecule has 0 spiro atoms. The first-order chi connectivity index (χ1) is 8.66. The summed E-state index contributed by atoms with van der Waals surface area (Å²) in [6.07, 6.45) is 4.57. The second-order valence-electron chi connectivity index (χ2n) is 4.79. The van der Waals surface area contributed by atoms with Gasteiger partial charge in [-0.1, -0.05) is 19.3 Å². The maximum Gasteiger partial charge on any atom is 0.167 e. The van der Waals surface area contributed by atoms with Crippen LogP contribution >= 0.6 is 0 Å². The molecule has 0 aliphatic heterocycles. The Morgan fingerprint density at radius 1 is 1.06 bits per heavy atom. The van der Waals surface area contributed by atoms with Crippen molar-refractivity contribution >= 4 is 0 Å². The second-order valence-corrected chi connectivity index (χ2v) is 4.79. The molecular formula is C14H18F2O2. The highest BCUT2D eigenvalue weighted by Crippen LogP contribution is 2.25. The Hall–Kier alpha value is -1.16. The van der Waals surface area contributed by atoms with E-state index in [-0.39, 0.29) is 5.75 Å². The van der Waals surface area contributed by atoms with Crippen molar-refractivity contribution in [2.75, 3.05) is 0 Å². The van der Waals surface area contributed by atoms with Crippen LogP contribution in [0.4, 0.5) is 8.78 Å². The minimum absolute atomic E-state index is 0.0148. The molecule has 1 aliphatic rings. The van der Waals surface area contributed by atoms with E-state index in [9.17, 15) is 13.9 Å². The lowest BCUT2D eigenvalue weighted by molar-refractivity contribution is 0.0167. The minimum Gasteiger partial charge on any atom is -0.485 e. The van der Waals surface area contributed by atoms with Gasteiger partial charge in [0.15, 0.2) is 11.6 Å². The molecule has 0 saturated heterocycles. The average Bonchev–Trinajstić information content (AvgIpc) is 2.31. The predicted octanol–water partition coefficient (Wildman–Crippen LogP) is 3.43. The van der Waals surface area contributed by atoms with Gasteiger partial charge in [-0.05, 0) is 31.4 Å². The molecule has 0 radical (unpaired) electrons. The molecule has 0 heterocycles. The Bertz CT molecular complexity index is 395. The summed E-state index contributed by atoms with van der Waals surface area (Å²) in [4.78, 5) is 0. The molecule has 2 nitrogen and oxygen atoms in total. The van der Waals surface area contributed by atoms with Crippen LogP contribution in [0, 0.1) is 11.6 Å². The summed E-state index contributed by atoms with van der Waals surface area (Å²) < 4.78 is 31.7. The normalized spacial score (nSPS) is 25.3. The molecule has 2 unspecified atom stereocenters. The molecule has 1 fully saturated rings. The SMILES string of the molecule is OC1CCCCCCC1Oc1ccc(F)cc1F. The van der Waals surface area contributed by atoms with Crippen LogP contribution in [-0.4, -0.2) is 17.3 Å². The van der Waals surface area contributed by atoms with Gasteiger partial charge in [0.05, 0.1) is 6.10 Å². The van der Waals surface area contributed by atoms with Crippen LogP contribution in [-0.2, 0) is 0 Å². The lowest BCUT2D eigenvalue weighted by atomic mass is 9.96. The van der Waals surface area contributed by atoms with Gasteiger partial charge >= 0.3 is 0 Å². The molecule has 100 valence electrons. The van der Waals surface area contributed by atoms with Gasteiger partial charge in [0, 0.05) is 6.07 Å². The van der Waals surface area contributed by atoms with Gasteiger partial charge in [0.25, 0.3) is 0 Å². The van der Waals surface area contributed by atoms with Gasteiger partial charge in [0.1, 0.15) is 11.9 Å². The lowest BCUT2D eigenvalue weighted by Crippen LogP contribution is -2.33. The Balaban J connectivity index is 2.05. The quantitative estimate of drug-likeness (QED) is 0.878. The first-order valence-electron chi connectivity index (χ1n) is 6.46. The highest BCUT2D eigenvalue weighted by molar-refractivity contribution is 5.25. The van der Waals surface area contributed by atoms with E-state index in [1.54, 1.807) is 0 Å². The maximum absolute atomic E-state index is 13.5. The van der Waals surface area contributed by atoms with E-state index in [2.05, 4.69) is 0 Å². The zero-order chi connectivity index (χ0) is 13.0. The molecule has 18 heavy (non-hydrogen) atoms. The van der Waals surface area contributed by atoms with Crippen molar-refractivity contribution in [2.24, 2.45) is 0 Å². The summed E-state index contributed by atoms with van der Waals surface area (Å²) in [5.74, 6) is -1.33. The number of halogens is 2. The second kappa shape index (κ2) is 6.14. The van der Waals surface area contributed by atoms with Crippen molar-refractivity contribution in [1.29, 1.82) is 0 Å². The van der Waals surface area contributed by atoms with Crippen molar-refractivity contribution in [3.63, 3.8) is 0 Å². The monoisotopic (exact) mass is 256 g/mol.